The first-order chi connectivity index (χ1) is 27.0. The molecular formula is C53H46N2. The van der Waals surface area contributed by atoms with Crippen LogP contribution < -0.4 is 0 Å². The molecule has 0 saturated carbocycles. The molecule has 1 aliphatic heterocycles. The molecule has 268 valence electrons. The van der Waals surface area contributed by atoms with E-state index in [1.54, 1.807) is 0 Å². The van der Waals surface area contributed by atoms with Crippen molar-refractivity contribution in [3.8, 4) is 5.69 Å². The van der Waals surface area contributed by atoms with Gasteiger partial charge in [0.1, 0.15) is 0 Å². The van der Waals surface area contributed by atoms with Gasteiger partial charge >= 0.3 is 0 Å². The van der Waals surface area contributed by atoms with Crippen molar-refractivity contribution >= 4 is 78.7 Å². The molecule has 0 spiro atoms. The minimum atomic E-state index is 0.448. The highest BCUT2D eigenvalue weighted by atomic mass is 15.0. The van der Waals surface area contributed by atoms with E-state index in [1.807, 2.05) is 0 Å². The van der Waals surface area contributed by atoms with E-state index in [1.165, 1.54) is 93.5 Å². The molecule has 1 aliphatic rings. The van der Waals surface area contributed by atoms with Crippen LogP contribution in [0, 0.1) is 5.92 Å². The van der Waals surface area contributed by atoms with E-state index in [2.05, 4.69) is 201 Å². The molecule has 55 heavy (non-hydrogen) atoms. The Hall–Kier alpha value is -6.12. The Balaban J connectivity index is 0.960. The molecule has 3 unspecified atom stereocenters. The predicted molar refractivity (Wildman–Crippen MR) is 238 cm³/mol. The van der Waals surface area contributed by atoms with Crippen LogP contribution in [0.25, 0.3) is 84.4 Å². The summed E-state index contributed by atoms with van der Waals surface area (Å²) in [4.78, 5) is 0. The van der Waals surface area contributed by atoms with Crippen molar-refractivity contribution in [3.63, 3.8) is 0 Å². The smallest absolute Gasteiger partial charge is 0.0575 e. The van der Waals surface area contributed by atoms with Gasteiger partial charge in [-0.1, -0.05) is 148 Å². The maximum atomic E-state index is 2.58. The number of benzene rings is 7. The third kappa shape index (κ3) is 5.54. The summed E-state index contributed by atoms with van der Waals surface area (Å²) >= 11 is 0. The van der Waals surface area contributed by atoms with E-state index in [4.69, 9.17) is 0 Å². The van der Waals surface area contributed by atoms with E-state index in [9.17, 15) is 0 Å². The predicted octanol–water partition coefficient (Wildman–Crippen LogP) is 14.7. The van der Waals surface area contributed by atoms with Crippen molar-refractivity contribution in [2.45, 2.75) is 52.5 Å². The third-order valence-corrected chi connectivity index (χ3v) is 12.5. The van der Waals surface area contributed by atoms with E-state index in [0.29, 0.717) is 17.9 Å². The summed E-state index contributed by atoms with van der Waals surface area (Å²) in [7, 11) is 0. The molecule has 2 heteroatoms. The average Bonchev–Trinajstić information content (AvgIpc) is 3.74. The molecule has 0 N–H and O–H groups in total. The van der Waals surface area contributed by atoms with Crippen molar-refractivity contribution in [3.05, 3.63) is 173 Å². The number of hydrogen-bond acceptors (Lipinski definition) is 0. The first-order valence-electron chi connectivity index (χ1n) is 20.0. The van der Waals surface area contributed by atoms with Crippen LogP contribution in [0.3, 0.4) is 0 Å². The fourth-order valence-electron chi connectivity index (χ4n) is 9.27. The molecule has 3 heterocycles. The van der Waals surface area contributed by atoms with Gasteiger partial charge in [0.2, 0.25) is 0 Å². The summed E-state index contributed by atoms with van der Waals surface area (Å²) < 4.78 is 5.10. The van der Waals surface area contributed by atoms with Crippen LogP contribution in [0.2, 0.25) is 0 Å². The first kappa shape index (κ1) is 33.4. The lowest BCUT2D eigenvalue weighted by molar-refractivity contribution is 0.379. The molecular weight excluding hydrogens is 665 g/mol. The summed E-state index contributed by atoms with van der Waals surface area (Å²) in [6.07, 6.45) is 11.2. The molecule has 2 nitrogen and oxygen atoms in total. The van der Waals surface area contributed by atoms with Crippen LogP contribution in [-0.2, 0) is 6.42 Å². The fraction of sp³-hybridized carbons (Fsp3) is 0.170. The minimum Gasteiger partial charge on any atom is -0.337 e. The zero-order valence-corrected chi connectivity index (χ0v) is 32.1. The van der Waals surface area contributed by atoms with E-state index in [-0.39, 0.29) is 0 Å². The highest BCUT2D eigenvalue weighted by Crippen LogP contribution is 2.42. The number of para-hydroxylation sites is 2. The topological polar surface area (TPSA) is 9.86 Å². The van der Waals surface area contributed by atoms with Crippen molar-refractivity contribution in [2.75, 3.05) is 0 Å². The first-order valence-corrected chi connectivity index (χ1v) is 20.0. The second-order valence-corrected chi connectivity index (χ2v) is 15.9. The van der Waals surface area contributed by atoms with Gasteiger partial charge in [-0.3, -0.25) is 0 Å². The lowest BCUT2D eigenvalue weighted by Crippen LogP contribution is -2.21. The van der Waals surface area contributed by atoms with Gasteiger partial charge in [0.05, 0.1) is 22.2 Å². The zero-order valence-electron chi connectivity index (χ0n) is 32.1. The second-order valence-electron chi connectivity index (χ2n) is 15.9. The second kappa shape index (κ2) is 13.3. The molecule has 0 saturated heterocycles. The zero-order chi connectivity index (χ0) is 37.2. The van der Waals surface area contributed by atoms with E-state index < -0.39 is 0 Å². The van der Waals surface area contributed by atoms with Gasteiger partial charge in [0.15, 0.2) is 0 Å². The quantitative estimate of drug-likeness (QED) is 0.146. The Morgan fingerprint density at radius 2 is 1.15 bits per heavy atom. The number of fused-ring (bicyclic) bond motifs is 7. The molecule has 0 radical (unpaired) electrons. The number of hydrogen-bond donors (Lipinski definition) is 0. The summed E-state index contributed by atoms with van der Waals surface area (Å²) in [5, 5.41) is 7.87. The molecule has 2 aromatic heterocycles. The molecule has 0 bridgehead atoms. The molecule has 3 atom stereocenters. The molecule has 9 aromatic rings. The van der Waals surface area contributed by atoms with Crippen molar-refractivity contribution in [1.29, 1.82) is 0 Å². The number of aromatic nitrogens is 2. The highest BCUT2D eigenvalue weighted by molar-refractivity contribution is 6.12. The number of nitrogens with zero attached hydrogens (tertiary/aromatic N) is 2. The Bertz CT molecular complexity index is 2980. The molecule has 10 rings (SSSR count). The van der Waals surface area contributed by atoms with Gasteiger partial charge in [0.25, 0.3) is 0 Å². The van der Waals surface area contributed by atoms with Gasteiger partial charge in [-0.25, -0.2) is 0 Å². The normalized spacial score (nSPS) is 16.5. The van der Waals surface area contributed by atoms with Crippen LogP contribution in [0.1, 0.15) is 79.5 Å². The lowest BCUT2D eigenvalue weighted by atomic mass is 9.89. The SMILES string of the molecule is CCC(C)c1ccc2ccccc2c1-n1c2ccccc2c2cc(/C=C/c3ccc(/C=C/c4cc5c6c(c4)c4ccccc4n6C(C)C(C)C5)cc3)ccc21. The lowest BCUT2D eigenvalue weighted by Gasteiger charge is -2.30. The maximum Gasteiger partial charge on any atom is 0.0575 e. The van der Waals surface area contributed by atoms with E-state index >= 15 is 0 Å². The third-order valence-electron chi connectivity index (χ3n) is 12.5. The van der Waals surface area contributed by atoms with Crippen molar-refractivity contribution in [1.82, 2.24) is 9.13 Å². The van der Waals surface area contributed by atoms with Gasteiger partial charge in [0, 0.05) is 38.5 Å². The van der Waals surface area contributed by atoms with Crippen LogP contribution in [0.15, 0.2) is 140 Å². The van der Waals surface area contributed by atoms with Crippen LogP contribution in [0.4, 0.5) is 0 Å². The van der Waals surface area contributed by atoms with Crippen molar-refractivity contribution < 1.29 is 0 Å². The standard InChI is InChI=1S/C53H46N2/c1-5-34(2)43-28-27-41-12-6-7-13-44(41)53(43)55-50-17-11-8-14-45(50)47-32-39(26-29-51(47)55)24-22-37-18-20-38(21-19-37)23-25-40-31-42-30-35(3)36(4)54-49-16-10-9-15-46(49)48(33-40)52(42)54/h6-29,31-36H,5,30H2,1-4H3/b24-22+,25-23+. The number of rotatable bonds is 7. The van der Waals surface area contributed by atoms with Crippen LogP contribution in [-0.4, -0.2) is 9.13 Å². The minimum absolute atomic E-state index is 0.448. The summed E-state index contributed by atoms with van der Waals surface area (Å²) in [6, 6.07) is 52.4. The summed E-state index contributed by atoms with van der Waals surface area (Å²) in [6.45, 7) is 9.40. The largest absolute Gasteiger partial charge is 0.337 e. The Morgan fingerprint density at radius 1 is 0.564 bits per heavy atom. The molecule has 0 amide bonds. The maximum absolute atomic E-state index is 2.58. The van der Waals surface area contributed by atoms with Gasteiger partial charge in [-0.2, -0.15) is 0 Å². The summed E-state index contributed by atoms with van der Waals surface area (Å²) in [5.41, 5.74) is 14.3. The molecule has 7 aromatic carbocycles. The Morgan fingerprint density at radius 3 is 1.89 bits per heavy atom. The Labute approximate surface area is 323 Å². The highest BCUT2D eigenvalue weighted by Gasteiger charge is 2.27. The van der Waals surface area contributed by atoms with Gasteiger partial charge in [-0.15, -0.1) is 0 Å². The van der Waals surface area contributed by atoms with Gasteiger partial charge in [-0.05, 0) is 107 Å². The van der Waals surface area contributed by atoms with Crippen LogP contribution >= 0.6 is 0 Å². The average molecular weight is 711 g/mol. The van der Waals surface area contributed by atoms with Gasteiger partial charge < -0.3 is 9.13 Å². The van der Waals surface area contributed by atoms with E-state index in [0.717, 1.165) is 12.8 Å². The molecule has 0 fully saturated rings. The van der Waals surface area contributed by atoms with Crippen LogP contribution in [0.5, 0.6) is 0 Å². The van der Waals surface area contributed by atoms with Crippen molar-refractivity contribution in [2.24, 2.45) is 5.92 Å². The summed E-state index contributed by atoms with van der Waals surface area (Å²) in [5.74, 6) is 1.05. The monoisotopic (exact) mass is 710 g/mol. The fourth-order valence-corrected chi connectivity index (χ4v) is 9.27. The molecule has 0 aliphatic carbocycles. The Kier molecular flexibility index (Phi) is 8.10.